The van der Waals surface area contributed by atoms with Crippen molar-refractivity contribution in [1.82, 2.24) is 14.7 Å². The summed E-state index contributed by atoms with van der Waals surface area (Å²) in [5.74, 6) is 0.677. The molecule has 1 unspecified atom stereocenters. The van der Waals surface area contributed by atoms with Crippen LogP contribution in [0.15, 0.2) is 53.4 Å². The van der Waals surface area contributed by atoms with Gasteiger partial charge in [-0.25, -0.2) is 23.1 Å². The minimum absolute atomic E-state index is 0.0649. The van der Waals surface area contributed by atoms with Gasteiger partial charge in [0.05, 0.1) is 28.7 Å². The quantitative estimate of drug-likeness (QED) is 0.554. The molecular formula is C20H22ClN3O3S. The fourth-order valence-electron chi connectivity index (χ4n) is 2.90. The van der Waals surface area contributed by atoms with E-state index in [0.717, 1.165) is 23.1 Å². The molecule has 0 aliphatic rings. The Bertz CT molecular complexity index is 1060. The average Bonchev–Trinajstić information content (AvgIpc) is 2.70. The summed E-state index contributed by atoms with van der Waals surface area (Å²) in [7, 11) is -2.01. The van der Waals surface area contributed by atoms with Gasteiger partial charge in [-0.1, -0.05) is 30.7 Å². The zero-order valence-corrected chi connectivity index (χ0v) is 17.3. The second-order valence-corrected chi connectivity index (χ2v) is 8.63. The van der Waals surface area contributed by atoms with Crippen LogP contribution in [0.25, 0.3) is 11.0 Å². The van der Waals surface area contributed by atoms with E-state index < -0.39 is 10.0 Å². The third-order valence-corrected chi connectivity index (χ3v) is 6.25. The molecular weight excluding hydrogens is 398 g/mol. The zero-order chi connectivity index (χ0) is 20.1. The predicted molar refractivity (Wildman–Crippen MR) is 110 cm³/mol. The Kier molecular flexibility index (Phi) is 6.49. The van der Waals surface area contributed by atoms with Gasteiger partial charge in [0.2, 0.25) is 10.0 Å². The molecule has 3 aromatic rings. The molecule has 1 heterocycles. The lowest BCUT2D eigenvalue weighted by Gasteiger charge is -2.13. The second kappa shape index (κ2) is 8.86. The van der Waals surface area contributed by atoms with Crippen LogP contribution in [-0.2, 0) is 10.0 Å². The zero-order valence-electron chi connectivity index (χ0n) is 15.7. The molecule has 0 bridgehead atoms. The predicted octanol–water partition coefficient (Wildman–Crippen LogP) is 4.15. The molecule has 148 valence electrons. The summed E-state index contributed by atoms with van der Waals surface area (Å²) < 4.78 is 32.4. The molecule has 1 aromatic heterocycles. The van der Waals surface area contributed by atoms with E-state index >= 15 is 0 Å². The van der Waals surface area contributed by atoms with Crippen molar-refractivity contribution >= 4 is 32.7 Å². The molecule has 1 atom stereocenters. The molecule has 0 spiro atoms. The lowest BCUT2D eigenvalue weighted by molar-refractivity contribution is 0.414. The highest BCUT2D eigenvalue weighted by molar-refractivity contribution is 7.89. The lowest BCUT2D eigenvalue weighted by atomic mass is 10.0. The molecule has 0 radical (unpaired) electrons. The van der Waals surface area contributed by atoms with Crippen molar-refractivity contribution in [2.24, 2.45) is 0 Å². The summed E-state index contributed by atoms with van der Waals surface area (Å²) in [5, 5.41) is 0.394. The second-order valence-electron chi connectivity index (χ2n) is 6.50. The Morgan fingerprint density at radius 1 is 1.07 bits per heavy atom. The monoisotopic (exact) mass is 419 g/mol. The van der Waals surface area contributed by atoms with Crippen LogP contribution in [-0.4, -0.2) is 32.0 Å². The van der Waals surface area contributed by atoms with Gasteiger partial charge in [-0.05, 0) is 49.2 Å². The third-order valence-electron chi connectivity index (χ3n) is 4.50. The molecule has 0 saturated heterocycles. The number of nitrogens with one attached hydrogen (secondary N) is 1. The summed E-state index contributed by atoms with van der Waals surface area (Å²) in [6.45, 7) is 2.35. The molecule has 28 heavy (non-hydrogen) atoms. The number of methoxy groups -OCH3 is 1. The standard InChI is InChI=1S/C20H22ClN3O3S/c1-14(19-20(21)24-18-8-4-3-7-17(18)23-19)6-5-13-22-28(25,26)16-11-9-15(27-2)10-12-16/h3-4,7-12,14,22H,5-6,13H2,1-2H3. The number of fused-ring (bicyclic) bond motifs is 1. The molecule has 1 N–H and O–H groups in total. The summed E-state index contributed by atoms with van der Waals surface area (Å²) >= 11 is 6.29. The van der Waals surface area contributed by atoms with E-state index in [1.54, 1.807) is 12.1 Å². The summed E-state index contributed by atoms with van der Waals surface area (Å²) in [6.07, 6.45) is 1.39. The van der Waals surface area contributed by atoms with E-state index in [0.29, 0.717) is 23.9 Å². The van der Waals surface area contributed by atoms with Crippen LogP contribution in [0.5, 0.6) is 5.75 Å². The van der Waals surface area contributed by atoms with Gasteiger partial charge in [-0.3, -0.25) is 0 Å². The van der Waals surface area contributed by atoms with Gasteiger partial charge in [-0.2, -0.15) is 0 Å². The molecule has 0 aliphatic heterocycles. The first-order valence-electron chi connectivity index (χ1n) is 8.96. The number of sulfonamides is 1. The molecule has 0 fully saturated rings. The van der Waals surface area contributed by atoms with Crippen molar-refractivity contribution in [2.45, 2.75) is 30.6 Å². The third kappa shape index (κ3) is 4.79. The molecule has 8 heteroatoms. The Balaban J connectivity index is 1.58. The van der Waals surface area contributed by atoms with E-state index in [9.17, 15) is 8.42 Å². The SMILES string of the molecule is COc1ccc(S(=O)(=O)NCCCC(C)c2nc3ccccc3nc2Cl)cc1. The normalized spacial score (nSPS) is 12.8. The average molecular weight is 420 g/mol. The highest BCUT2D eigenvalue weighted by Gasteiger charge is 2.16. The number of hydrogen-bond acceptors (Lipinski definition) is 5. The fourth-order valence-corrected chi connectivity index (χ4v) is 4.29. The van der Waals surface area contributed by atoms with E-state index in [2.05, 4.69) is 14.7 Å². The minimum atomic E-state index is -3.54. The van der Waals surface area contributed by atoms with Crippen molar-refractivity contribution in [3.63, 3.8) is 0 Å². The number of nitrogens with zero attached hydrogens (tertiary/aromatic N) is 2. The molecule has 3 rings (SSSR count). The van der Waals surface area contributed by atoms with Crippen LogP contribution in [0.3, 0.4) is 0 Å². The number of rotatable bonds is 8. The van der Waals surface area contributed by atoms with Gasteiger partial charge in [-0.15, -0.1) is 0 Å². The molecule has 0 amide bonds. The molecule has 2 aromatic carbocycles. The maximum Gasteiger partial charge on any atom is 0.240 e. The van der Waals surface area contributed by atoms with Crippen LogP contribution in [0.2, 0.25) is 5.15 Å². The van der Waals surface area contributed by atoms with Crippen molar-refractivity contribution in [1.29, 1.82) is 0 Å². The Morgan fingerprint density at radius 3 is 2.36 bits per heavy atom. The summed E-state index contributed by atoms with van der Waals surface area (Å²) in [5.41, 5.74) is 2.29. The number of ether oxygens (including phenoxy) is 1. The summed E-state index contributed by atoms with van der Waals surface area (Å²) in [6, 6.07) is 13.9. The number of aromatic nitrogens is 2. The van der Waals surface area contributed by atoms with Crippen LogP contribution >= 0.6 is 11.6 Å². The number of benzene rings is 2. The maximum atomic E-state index is 12.4. The van der Waals surface area contributed by atoms with Gasteiger partial charge in [0, 0.05) is 12.5 Å². The number of para-hydroxylation sites is 2. The van der Waals surface area contributed by atoms with E-state index in [4.69, 9.17) is 16.3 Å². The first kappa shape index (κ1) is 20.5. The van der Waals surface area contributed by atoms with Crippen molar-refractivity contribution < 1.29 is 13.2 Å². The van der Waals surface area contributed by atoms with Crippen LogP contribution in [0.1, 0.15) is 31.4 Å². The van der Waals surface area contributed by atoms with Gasteiger partial charge < -0.3 is 4.74 Å². The minimum Gasteiger partial charge on any atom is -0.497 e. The smallest absolute Gasteiger partial charge is 0.240 e. The fraction of sp³-hybridized carbons (Fsp3) is 0.300. The van der Waals surface area contributed by atoms with E-state index in [1.165, 1.54) is 19.2 Å². The Hall–Kier alpha value is -2.22. The van der Waals surface area contributed by atoms with E-state index in [1.807, 2.05) is 31.2 Å². The van der Waals surface area contributed by atoms with Gasteiger partial charge in [0.1, 0.15) is 5.75 Å². The highest BCUT2D eigenvalue weighted by atomic mass is 35.5. The van der Waals surface area contributed by atoms with Gasteiger partial charge >= 0.3 is 0 Å². The Morgan fingerprint density at radius 2 is 1.71 bits per heavy atom. The first-order valence-corrected chi connectivity index (χ1v) is 10.8. The topological polar surface area (TPSA) is 81.2 Å². The summed E-state index contributed by atoms with van der Waals surface area (Å²) in [4.78, 5) is 9.23. The first-order chi connectivity index (χ1) is 13.4. The van der Waals surface area contributed by atoms with Crippen molar-refractivity contribution in [2.75, 3.05) is 13.7 Å². The van der Waals surface area contributed by atoms with Crippen molar-refractivity contribution in [3.05, 3.63) is 59.4 Å². The maximum absolute atomic E-state index is 12.4. The highest BCUT2D eigenvalue weighted by Crippen LogP contribution is 2.26. The van der Waals surface area contributed by atoms with Crippen LogP contribution in [0.4, 0.5) is 0 Å². The molecule has 0 saturated carbocycles. The molecule has 0 aliphatic carbocycles. The van der Waals surface area contributed by atoms with Crippen molar-refractivity contribution in [3.8, 4) is 5.75 Å². The van der Waals surface area contributed by atoms with E-state index in [-0.39, 0.29) is 10.8 Å². The number of hydrogen-bond donors (Lipinski definition) is 1. The van der Waals surface area contributed by atoms with Crippen LogP contribution < -0.4 is 9.46 Å². The largest absolute Gasteiger partial charge is 0.497 e. The van der Waals surface area contributed by atoms with Gasteiger partial charge in [0.15, 0.2) is 5.15 Å². The molecule has 6 nitrogen and oxygen atoms in total. The van der Waals surface area contributed by atoms with Crippen LogP contribution in [0, 0.1) is 0 Å². The Labute approximate surface area is 170 Å². The lowest BCUT2D eigenvalue weighted by Crippen LogP contribution is -2.25. The van der Waals surface area contributed by atoms with Gasteiger partial charge in [0.25, 0.3) is 0 Å². The number of halogens is 1.